The lowest BCUT2D eigenvalue weighted by atomic mass is 9.92. The first-order chi connectivity index (χ1) is 15.4. The van der Waals surface area contributed by atoms with E-state index in [1.54, 1.807) is 6.07 Å². The third kappa shape index (κ3) is 2.86. The van der Waals surface area contributed by atoms with Crippen LogP contribution in [0.4, 0.5) is 5.82 Å². The molecule has 0 spiro atoms. The Labute approximate surface area is 182 Å². The van der Waals surface area contributed by atoms with E-state index in [-0.39, 0.29) is 18.1 Å². The maximum absolute atomic E-state index is 12.8. The molecular weight excluding hydrogens is 414 g/mol. The highest BCUT2D eigenvalue weighted by Crippen LogP contribution is 2.49. The van der Waals surface area contributed by atoms with Crippen molar-refractivity contribution in [3.05, 3.63) is 60.0 Å². The Bertz CT molecular complexity index is 1220. The zero-order valence-corrected chi connectivity index (χ0v) is 17.0. The van der Waals surface area contributed by atoms with E-state index in [1.807, 2.05) is 36.4 Å². The van der Waals surface area contributed by atoms with Crippen LogP contribution in [0.2, 0.25) is 0 Å². The first-order valence-electron chi connectivity index (χ1n) is 10.2. The van der Waals surface area contributed by atoms with Crippen LogP contribution in [0.1, 0.15) is 24.1 Å². The average Bonchev–Trinajstić information content (AvgIpc) is 3.46. The summed E-state index contributed by atoms with van der Waals surface area (Å²) in [6.07, 6.45) is -1.61. The van der Waals surface area contributed by atoms with Gasteiger partial charge in [0.1, 0.15) is 42.8 Å². The molecule has 4 atom stereocenters. The summed E-state index contributed by atoms with van der Waals surface area (Å²) in [5.74, 6) is -0.231. The lowest BCUT2D eigenvalue weighted by Gasteiger charge is -2.24. The van der Waals surface area contributed by atoms with Crippen LogP contribution in [0.25, 0.3) is 5.52 Å². The quantitative estimate of drug-likeness (QED) is 0.483. The second-order valence-corrected chi connectivity index (χ2v) is 8.15. The van der Waals surface area contributed by atoms with Crippen molar-refractivity contribution in [3.8, 4) is 6.07 Å². The van der Waals surface area contributed by atoms with Crippen LogP contribution < -0.4 is 5.73 Å². The molecule has 1 unspecified atom stereocenters. The number of aliphatic hydroxyl groups is 2. The predicted molar refractivity (Wildman–Crippen MR) is 110 cm³/mol. The van der Waals surface area contributed by atoms with Crippen LogP contribution >= 0.6 is 0 Å². The van der Waals surface area contributed by atoms with E-state index in [2.05, 4.69) is 10.1 Å². The number of hydrogen-bond acceptors (Lipinski definition) is 9. The minimum atomic E-state index is -1.93. The van der Waals surface area contributed by atoms with Gasteiger partial charge in [-0.25, -0.2) is 9.50 Å². The second-order valence-electron chi connectivity index (χ2n) is 8.15. The van der Waals surface area contributed by atoms with E-state index in [0.717, 1.165) is 5.56 Å². The summed E-state index contributed by atoms with van der Waals surface area (Å²) in [4.78, 5) is 16.7. The number of carbonyl (C=O) groups is 1. The Hall–Kier alpha value is -3.52. The number of benzene rings is 1. The smallest absolute Gasteiger partial charge is 0.316 e. The SMILES string of the molecule is N#CC1(c2ccc3c(N)ncnn23)O[C@H](COC(=O)C2(c3ccccc3)CC2)[C@@H](O)[C@H]1O. The highest BCUT2D eigenvalue weighted by Gasteiger charge is 2.58. The van der Waals surface area contributed by atoms with E-state index in [9.17, 15) is 20.3 Å². The fourth-order valence-electron chi connectivity index (χ4n) is 4.34. The summed E-state index contributed by atoms with van der Waals surface area (Å²) in [6, 6.07) is 14.4. The molecule has 5 rings (SSSR count). The summed E-state index contributed by atoms with van der Waals surface area (Å²) < 4.78 is 12.7. The second kappa shape index (κ2) is 7.27. The number of aliphatic hydroxyl groups excluding tert-OH is 2. The van der Waals surface area contributed by atoms with Gasteiger partial charge in [0.05, 0.1) is 11.1 Å². The van der Waals surface area contributed by atoms with Gasteiger partial charge in [0, 0.05) is 0 Å². The molecule has 3 aromatic rings. The van der Waals surface area contributed by atoms with Gasteiger partial charge in [-0.2, -0.15) is 10.4 Å². The summed E-state index contributed by atoms with van der Waals surface area (Å²) in [5, 5.41) is 35.4. The van der Waals surface area contributed by atoms with Crippen molar-refractivity contribution in [1.82, 2.24) is 14.6 Å². The highest BCUT2D eigenvalue weighted by atomic mass is 16.6. The zero-order chi connectivity index (χ0) is 22.5. The third-order valence-corrected chi connectivity index (χ3v) is 6.33. The number of nitrogens with zero attached hydrogens (tertiary/aromatic N) is 4. The number of esters is 1. The molecule has 0 radical (unpaired) electrons. The summed E-state index contributed by atoms with van der Waals surface area (Å²) >= 11 is 0. The highest BCUT2D eigenvalue weighted by molar-refractivity contribution is 5.86. The van der Waals surface area contributed by atoms with E-state index >= 15 is 0 Å². The van der Waals surface area contributed by atoms with Crippen molar-refractivity contribution in [2.24, 2.45) is 0 Å². The van der Waals surface area contributed by atoms with Crippen LogP contribution in [0.3, 0.4) is 0 Å². The van der Waals surface area contributed by atoms with Crippen LogP contribution in [0.15, 0.2) is 48.8 Å². The van der Waals surface area contributed by atoms with Gasteiger partial charge in [-0.15, -0.1) is 0 Å². The van der Waals surface area contributed by atoms with Crippen LogP contribution in [-0.2, 0) is 25.3 Å². The van der Waals surface area contributed by atoms with Gasteiger partial charge in [-0.3, -0.25) is 4.79 Å². The van der Waals surface area contributed by atoms with Gasteiger partial charge in [-0.05, 0) is 30.5 Å². The molecule has 1 aliphatic carbocycles. The molecule has 3 heterocycles. The van der Waals surface area contributed by atoms with Gasteiger partial charge in [0.25, 0.3) is 0 Å². The third-order valence-electron chi connectivity index (χ3n) is 6.33. The number of nitriles is 1. The molecule has 10 nitrogen and oxygen atoms in total. The number of aromatic nitrogens is 3. The minimum Gasteiger partial charge on any atom is -0.462 e. The van der Waals surface area contributed by atoms with Crippen LogP contribution in [-0.4, -0.2) is 55.7 Å². The van der Waals surface area contributed by atoms with Gasteiger partial charge in [-0.1, -0.05) is 30.3 Å². The number of fused-ring (bicyclic) bond motifs is 1. The van der Waals surface area contributed by atoms with Crippen LogP contribution in [0, 0.1) is 11.3 Å². The summed E-state index contributed by atoms with van der Waals surface area (Å²) in [7, 11) is 0. The van der Waals surface area contributed by atoms with Gasteiger partial charge in [0.2, 0.25) is 5.60 Å². The molecule has 10 heteroatoms. The van der Waals surface area contributed by atoms with Gasteiger partial charge in [0.15, 0.2) is 5.82 Å². The van der Waals surface area contributed by atoms with Crippen molar-refractivity contribution in [1.29, 1.82) is 5.26 Å². The van der Waals surface area contributed by atoms with E-state index in [1.165, 1.54) is 16.9 Å². The lowest BCUT2D eigenvalue weighted by Crippen LogP contribution is -2.41. The summed E-state index contributed by atoms with van der Waals surface area (Å²) in [6.45, 7) is -0.310. The molecule has 1 aromatic carbocycles. The average molecular weight is 435 g/mol. The first kappa shape index (κ1) is 20.4. The Kier molecular flexibility index (Phi) is 4.63. The number of hydrogen-bond donors (Lipinski definition) is 3. The van der Waals surface area contributed by atoms with Gasteiger partial charge < -0.3 is 25.4 Å². The van der Waals surface area contributed by atoms with Crippen molar-refractivity contribution in [2.45, 2.75) is 42.2 Å². The summed E-state index contributed by atoms with van der Waals surface area (Å²) in [5.41, 5.74) is 4.72. The maximum Gasteiger partial charge on any atom is 0.316 e. The van der Waals surface area contributed by atoms with Crippen molar-refractivity contribution in [3.63, 3.8) is 0 Å². The molecule has 2 aliphatic rings. The Balaban J connectivity index is 1.38. The Morgan fingerprint density at radius 1 is 1.28 bits per heavy atom. The number of nitrogen functional groups attached to an aromatic ring is 1. The number of ether oxygens (including phenoxy) is 2. The Morgan fingerprint density at radius 3 is 2.72 bits per heavy atom. The van der Waals surface area contributed by atoms with E-state index in [4.69, 9.17) is 15.2 Å². The molecular formula is C22H21N5O5. The number of carbonyl (C=O) groups excluding carboxylic acids is 1. The van der Waals surface area contributed by atoms with E-state index < -0.39 is 35.3 Å². The largest absolute Gasteiger partial charge is 0.462 e. The predicted octanol–water partition coefficient (Wildman–Crippen LogP) is 0.426. The topological polar surface area (TPSA) is 156 Å². The zero-order valence-electron chi connectivity index (χ0n) is 17.0. The molecule has 0 amide bonds. The molecule has 0 bridgehead atoms. The van der Waals surface area contributed by atoms with Crippen molar-refractivity contribution < 1.29 is 24.5 Å². The van der Waals surface area contributed by atoms with E-state index in [0.29, 0.717) is 18.4 Å². The number of anilines is 1. The monoisotopic (exact) mass is 435 g/mol. The maximum atomic E-state index is 12.8. The lowest BCUT2D eigenvalue weighted by molar-refractivity contribution is -0.153. The van der Waals surface area contributed by atoms with Crippen molar-refractivity contribution in [2.75, 3.05) is 12.3 Å². The number of nitrogens with two attached hydrogens (primary N) is 1. The molecule has 1 saturated carbocycles. The molecule has 4 N–H and O–H groups in total. The normalized spacial score (nSPS) is 28.3. The fourth-order valence-corrected chi connectivity index (χ4v) is 4.34. The molecule has 2 aromatic heterocycles. The van der Waals surface area contributed by atoms with Crippen LogP contribution in [0.5, 0.6) is 0 Å². The Morgan fingerprint density at radius 2 is 2.03 bits per heavy atom. The standard InChI is InChI=1S/C22H21N5O5/c23-11-22(16-7-6-14-19(24)25-12-26-27(14)16)18(29)17(28)15(32-22)10-31-20(30)21(8-9-21)13-4-2-1-3-5-13/h1-7,12,15,17-18,28-29H,8-10H2,(H2,24,25,26)/t15-,17-,18-,22?/m1/s1. The van der Waals surface area contributed by atoms with Crippen molar-refractivity contribution >= 4 is 17.3 Å². The number of rotatable bonds is 5. The first-order valence-corrected chi connectivity index (χ1v) is 10.2. The molecule has 1 aliphatic heterocycles. The fraction of sp³-hybridized carbons (Fsp3) is 0.364. The van der Waals surface area contributed by atoms with Gasteiger partial charge >= 0.3 is 5.97 Å². The minimum absolute atomic E-state index is 0.187. The molecule has 2 fully saturated rings. The molecule has 32 heavy (non-hydrogen) atoms. The molecule has 164 valence electrons. The molecule has 1 saturated heterocycles.